The molecule has 2 rings (SSSR count). The van der Waals surface area contributed by atoms with Crippen LogP contribution in [0.1, 0.15) is 26.7 Å². The number of amides is 3. The third-order valence-corrected chi connectivity index (χ3v) is 4.52. The van der Waals surface area contributed by atoms with Crippen molar-refractivity contribution in [3.05, 3.63) is 24.3 Å². The van der Waals surface area contributed by atoms with Gasteiger partial charge < -0.3 is 16.4 Å². The third-order valence-electron chi connectivity index (χ3n) is 4.52. The fraction of sp³-hybridized carbons (Fsp3) is 0.500. The summed E-state index contributed by atoms with van der Waals surface area (Å²) in [4.78, 5) is 25.7. The number of anilines is 2. The van der Waals surface area contributed by atoms with Gasteiger partial charge >= 0.3 is 6.03 Å². The molecule has 22 heavy (non-hydrogen) atoms. The zero-order chi connectivity index (χ0) is 16.2. The molecule has 1 heterocycles. The summed E-state index contributed by atoms with van der Waals surface area (Å²) in [6, 6.07) is 7.21. The maximum atomic E-state index is 12.5. The normalized spacial score (nSPS) is 14.9. The van der Waals surface area contributed by atoms with Gasteiger partial charge in [-0.3, -0.25) is 9.69 Å². The van der Waals surface area contributed by atoms with Crippen LogP contribution in [0.15, 0.2) is 24.3 Å². The Bertz CT molecular complexity index is 529. The standard InChI is InChI=1S/C16H24N4O2/c1-3-16(4-2,11-17)14(21)19-12-5-7-13(8-6-12)20-10-9-18-15(20)22/h5-8H,3-4,9-11,17H2,1-2H3,(H,18,22)(H,19,21). The van der Waals surface area contributed by atoms with Crippen molar-refractivity contribution in [1.82, 2.24) is 5.32 Å². The van der Waals surface area contributed by atoms with Crippen molar-refractivity contribution in [2.45, 2.75) is 26.7 Å². The molecule has 1 aliphatic heterocycles. The largest absolute Gasteiger partial charge is 0.336 e. The van der Waals surface area contributed by atoms with Crippen LogP contribution < -0.4 is 21.3 Å². The number of benzene rings is 1. The van der Waals surface area contributed by atoms with Crippen LogP contribution in [0.25, 0.3) is 0 Å². The van der Waals surface area contributed by atoms with E-state index in [0.717, 1.165) is 5.69 Å². The molecule has 1 saturated heterocycles. The molecule has 6 heteroatoms. The SMILES string of the molecule is CCC(CC)(CN)C(=O)Nc1ccc(N2CCNC2=O)cc1. The minimum atomic E-state index is -0.520. The lowest BCUT2D eigenvalue weighted by Gasteiger charge is -2.28. The van der Waals surface area contributed by atoms with Gasteiger partial charge in [-0.2, -0.15) is 0 Å². The number of urea groups is 1. The van der Waals surface area contributed by atoms with E-state index in [-0.39, 0.29) is 11.9 Å². The number of hydrogen-bond acceptors (Lipinski definition) is 3. The van der Waals surface area contributed by atoms with Gasteiger partial charge in [0.25, 0.3) is 0 Å². The Kier molecular flexibility index (Phi) is 5.03. The Morgan fingerprint density at radius 2 is 1.95 bits per heavy atom. The molecule has 0 saturated carbocycles. The lowest BCUT2D eigenvalue weighted by Crippen LogP contribution is -2.41. The van der Waals surface area contributed by atoms with E-state index >= 15 is 0 Å². The van der Waals surface area contributed by atoms with Gasteiger partial charge in [0.2, 0.25) is 5.91 Å². The molecular weight excluding hydrogens is 280 g/mol. The van der Waals surface area contributed by atoms with Crippen LogP contribution in [0.3, 0.4) is 0 Å². The maximum absolute atomic E-state index is 12.5. The highest BCUT2D eigenvalue weighted by Gasteiger charge is 2.33. The Labute approximate surface area is 131 Å². The number of nitrogens with zero attached hydrogens (tertiary/aromatic N) is 1. The average molecular weight is 304 g/mol. The predicted molar refractivity (Wildman–Crippen MR) is 87.9 cm³/mol. The molecule has 1 aromatic rings. The van der Waals surface area contributed by atoms with E-state index in [2.05, 4.69) is 10.6 Å². The second kappa shape index (κ2) is 6.79. The Balaban J connectivity index is 2.08. The van der Waals surface area contributed by atoms with E-state index in [1.165, 1.54) is 0 Å². The summed E-state index contributed by atoms with van der Waals surface area (Å²) >= 11 is 0. The summed E-state index contributed by atoms with van der Waals surface area (Å²) in [5.41, 5.74) is 6.81. The fourth-order valence-corrected chi connectivity index (χ4v) is 2.66. The van der Waals surface area contributed by atoms with Gasteiger partial charge in [0.1, 0.15) is 0 Å². The first kappa shape index (κ1) is 16.3. The monoisotopic (exact) mass is 304 g/mol. The van der Waals surface area contributed by atoms with Crippen molar-refractivity contribution < 1.29 is 9.59 Å². The number of carbonyl (C=O) groups is 2. The summed E-state index contributed by atoms with van der Waals surface area (Å²) in [6.07, 6.45) is 1.41. The lowest BCUT2D eigenvalue weighted by molar-refractivity contribution is -0.125. The number of hydrogen-bond donors (Lipinski definition) is 3. The Morgan fingerprint density at radius 1 is 1.32 bits per heavy atom. The van der Waals surface area contributed by atoms with Gasteiger partial charge in [0.05, 0.1) is 5.41 Å². The van der Waals surface area contributed by atoms with Gasteiger partial charge in [-0.05, 0) is 37.1 Å². The van der Waals surface area contributed by atoms with Crippen molar-refractivity contribution in [3.63, 3.8) is 0 Å². The van der Waals surface area contributed by atoms with E-state index in [0.29, 0.717) is 38.2 Å². The van der Waals surface area contributed by atoms with E-state index in [9.17, 15) is 9.59 Å². The van der Waals surface area contributed by atoms with Crippen molar-refractivity contribution >= 4 is 23.3 Å². The lowest BCUT2D eigenvalue weighted by atomic mass is 9.81. The number of rotatable bonds is 6. The van der Waals surface area contributed by atoms with Crippen molar-refractivity contribution in [2.24, 2.45) is 11.1 Å². The summed E-state index contributed by atoms with van der Waals surface area (Å²) < 4.78 is 0. The molecule has 0 aliphatic carbocycles. The molecule has 1 aliphatic rings. The first-order valence-corrected chi connectivity index (χ1v) is 7.73. The Morgan fingerprint density at radius 3 is 2.41 bits per heavy atom. The number of carbonyl (C=O) groups excluding carboxylic acids is 2. The second-order valence-electron chi connectivity index (χ2n) is 5.58. The molecule has 6 nitrogen and oxygen atoms in total. The molecule has 1 aromatic carbocycles. The van der Waals surface area contributed by atoms with Gasteiger partial charge in [0, 0.05) is 31.0 Å². The summed E-state index contributed by atoms with van der Waals surface area (Å²) in [7, 11) is 0. The molecular formula is C16H24N4O2. The van der Waals surface area contributed by atoms with Crippen LogP contribution >= 0.6 is 0 Å². The van der Waals surface area contributed by atoms with E-state index in [1.54, 1.807) is 4.90 Å². The summed E-state index contributed by atoms with van der Waals surface area (Å²) in [5, 5.41) is 5.69. The minimum absolute atomic E-state index is 0.0494. The molecule has 120 valence electrons. The molecule has 3 amide bonds. The van der Waals surface area contributed by atoms with Crippen LogP contribution in [0.4, 0.5) is 16.2 Å². The molecule has 0 atom stereocenters. The highest BCUT2D eigenvalue weighted by molar-refractivity contribution is 5.97. The van der Waals surface area contributed by atoms with E-state index in [1.807, 2.05) is 38.1 Å². The Hall–Kier alpha value is -2.08. The highest BCUT2D eigenvalue weighted by atomic mass is 16.2. The fourth-order valence-electron chi connectivity index (χ4n) is 2.66. The molecule has 4 N–H and O–H groups in total. The summed E-state index contributed by atoms with van der Waals surface area (Å²) in [5.74, 6) is -0.0494. The molecule has 0 bridgehead atoms. The molecule has 0 aromatic heterocycles. The van der Waals surface area contributed by atoms with Gasteiger partial charge in [0.15, 0.2) is 0 Å². The van der Waals surface area contributed by atoms with Crippen LogP contribution in [0, 0.1) is 5.41 Å². The molecule has 1 fully saturated rings. The second-order valence-corrected chi connectivity index (χ2v) is 5.58. The molecule has 0 radical (unpaired) electrons. The summed E-state index contributed by atoms with van der Waals surface area (Å²) in [6.45, 7) is 5.60. The zero-order valence-electron chi connectivity index (χ0n) is 13.2. The molecule has 0 unspecified atom stereocenters. The van der Waals surface area contributed by atoms with Gasteiger partial charge in [-0.1, -0.05) is 13.8 Å². The van der Waals surface area contributed by atoms with Crippen molar-refractivity contribution in [1.29, 1.82) is 0 Å². The molecule has 0 spiro atoms. The quantitative estimate of drug-likeness (QED) is 0.750. The predicted octanol–water partition coefficient (Wildman–Crippen LogP) is 1.92. The first-order valence-electron chi connectivity index (χ1n) is 7.73. The maximum Gasteiger partial charge on any atom is 0.321 e. The van der Waals surface area contributed by atoms with Gasteiger partial charge in [-0.15, -0.1) is 0 Å². The first-order chi connectivity index (χ1) is 10.6. The van der Waals surface area contributed by atoms with E-state index < -0.39 is 5.41 Å². The van der Waals surface area contributed by atoms with E-state index in [4.69, 9.17) is 5.73 Å². The zero-order valence-corrected chi connectivity index (χ0v) is 13.2. The van der Waals surface area contributed by atoms with Crippen LogP contribution in [0.2, 0.25) is 0 Å². The van der Waals surface area contributed by atoms with Crippen LogP contribution in [-0.2, 0) is 4.79 Å². The van der Waals surface area contributed by atoms with Crippen molar-refractivity contribution in [3.8, 4) is 0 Å². The topological polar surface area (TPSA) is 87.5 Å². The minimum Gasteiger partial charge on any atom is -0.336 e. The van der Waals surface area contributed by atoms with Crippen LogP contribution in [-0.4, -0.2) is 31.6 Å². The van der Waals surface area contributed by atoms with Gasteiger partial charge in [-0.25, -0.2) is 4.79 Å². The van der Waals surface area contributed by atoms with Crippen molar-refractivity contribution in [2.75, 3.05) is 29.9 Å². The number of nitrogens with one attached hydrogen (secondary N) is 2. The average Bonchev–Trinajstić information content (AvgIpc) is 2.96. The number of nitrogens with two attached hydrogens (primary N) is 1. The smallest absolute Gasteiger partial charge is 0.321 e. The highest BCUT2D eigenvalue weighted by Crippen LogP contribution is 2.27. The third kappa shape index (κ3) is 3.06. The van der Waals surface area contributed by atoms with Crippen LogP contribution in [0.5, 0.6) is 0 Å².